The minimum atomic E-state index is -0.802. The Morgan fingerprint density at radius 2 is 2.03 bits per heavy atom. The maximum atomic E-state index is 12.2. The number of amides is 1. The van der Waals surface area contributed by atoms with Crippen molar-refractivity contribution in [2.45, 2.75) is 63.9 Å². The lowest BCUT2D eigenvalue weighted by molar-refractivity contribution is -0.142. The van der Waals surface area contributed by atoms with Crippen LogP contribution in [0.4, 0.5) is 4.79 Å². The lowest BCUT2D eigenvalue weighted by Gasteiger charge is -2.19. The molecule has 0 aromatic heterocycles. The van der Waals surface area contributed by atoms with Gasteiger partial charge in [0, 0.05) is 12.6 Å². The number of nitrogens with one attached hydrogen (secondary N) is 1. The number of hydrogen-bond acceptors (Lipinski definition) is 5. The van der Waals surface area contributed by atoms with E-state index in [-0.39, 0.29) is 24.0 Å². The van der Waals surface area contributed by atoms with E-state index in [1.807, 2.05) is 37.3 Å². The largest absolute Gasteiger partial charge is 0.460 e. The predicted octanol–water partition coefficient (Wildman–Crippen LogP) is 3.90. The number of alkyl carbamates (subject to hydrolysis) is 1. The number of allylic oxidation sites excluding steroid dienone is 2. The number of ether oxygens (including phenoxy) is 2. The number of aliphatic hydroxyl groups excluding tert-OH is 1. The van der Waals surface area contributed by atoms with Gasteiger partial charge in [0.1, 0.15) is 6.10 Å². The molecule has 0 saturated heterocycles. The molecule has 1 heterocycles. The molecule has 6 nitrogen and oxygen atoms in total. The van der Waals surface area contributed by atoms with Crippen molar-refractivity contribution in [1.29, 1.82) is 0 Å². The Labute approximate surface area is 178 Å². The van der Waals surface area contributed by atoms with Crippen LogP contribution in [0, 0.1) is 11.8 Å². The van der Waals surface area contributed by atoms with Crippen LogP contribution < -0.4 is 5.32 Å². The third-order valence-corrected chi connectivity index (χ3v) is 5.72. The van der Waals surface area contributed by atoms with Crippen molar-refractivity contribution in [2.24, 2.45) is 11.8 Å². The number of rotatable bonds is 3. The maximum absolute atomic E-state index is 12.2. The Bertz CT molecular complexity index is 760. The second-order valence-electron chi connectivity index (χ2n) is 8.12. The van der Waals surface area contributed by atoms with E-state index in [1.54, 1.807) is 0 Å². The number of carbonyl (C=O) groups excluding carboxylic acids is 2. The van der Waals surface area contributed by atoms with Crippen molar-refractivity contribution in [2.75, 3.05) is 0 Å². The van der Waals surface area contributed by atoms with E-state index in [2.05, 4.69) is 17.5 Å². The van der Waals surface area contributed by atoms with E-state index in [0.717, 1.165) is 24.8 Å². The van der Waals surface area contributed by atoms with Gasteiger partial charge >= 0.3 is 12.1 Å². The van der Waals surface area contributed by atoms with Crippen molar-refractivity contribution >= 4 is 12.1 Å². The summed E-state index contributed by atoms with van der Waals surface area (Å²) in [6, 6.07) is 9.65. The van der Waals surface area contributed by atoms with E-state index in [1.165, 1.54) is 12.2 Å². The highest BCUT2D eigenvalue weighted by atomic mass is 16.6. The zero-order chi connectivity index (χ0) is 21.3. The second kappa shape index (κ2) is 11.0. The van der Waals surface area contributed by atoms with Crippen LogP contribution in [-0.2, 0) is 20.8 Å². The molecule has 5 atom stereocenters. The summed E-state index contributed by atoms with van der Waals surface area (Å²) in [5.41, 5.74) is 1.00. The molecule has 1 aromatic carbocycles. The number of fused-ring (bicyclic) bond motifs is 1. The molecular weight excluding hydrogens is 382 g/mol. The smallest absolute Gasteiger partial charge is 0.407 e. The summed E-state index contributed by atoms with van der Waals surface area (Å²) >= 11 is 0. The molecule has 1 amide bonds. The first-order chi connectivity index (χ1) is 14.5. The number of aliphatic hydroxyl groups is 1. The standard InChI is InChI=1S/C24H31NO5/c1-17-8-4-2-7-11-19-14-20(15-21(19)22(26)12-13-23(27)29-17)30-24(28)25-16-18-9-5-3-6-10-18/h3,5-7,9-13,17,19-22,26H,2,4,8,14-16H2,1H3,(H,25,28)/b11-7+,13-12?/t17-,19+,20-,21+,22+/m0/s1. The molecule has 1 fully saturated rings. The monoisotopic (exact) mass is 413 g/mol. The first-order valence-corrected chi connectivity index (χ1v) is 10.7. The van der Waals surface area contributed by atoms with Crippen molar-refractivity contribution < 1.29 is 24.2 Å². The maximum Gasteiger partial charge on any atom is 0.407 e. The molecule has 1 aliphatic heterocycles. The van der Waals surface area contributed by atoms with Gasteiger partial charge in [-0.2, -0.15) is 0 Å². The fraction of sp³-hybridized carbons (Fsp3) is 0.500. The molecule has 162 valence electrons. The minimum absolute atomic E-state index is 0.0887. The highest BCUT2D eigenvalue weighted by Crippen LogP contribution is 2.38. The third kappa shape index (κ3) is 6.73. The molecule has 0 spiro atoms. The number of benzene rings is 1. The van der Waals surface area contributed by atoms with Crippen LogP contribution in [0.3, 0.4) is 0 Å². The molecule has 1 aromatic rings. The lowest BCUT2D eigenvalue weighted by atomic mass is 9.90. The quantitative estimate of drug-likeness (QED) is 0.580. The summed E-state index contributed by atoms with van der Waals surface area (Å²) in [5.74, 6) is -0.461. The van der Waals surface area contributed by atoms with Gasteiger partial charge in [-0.3, -0.25) is 0 Å². The molecule has 30 heavy (non-hydrogen) atoms. The Kier molecular flexibility index (Phi) is 8.08. The van der Waals surface area contributed by atoms with Crippen molar-refractivity contribution in [1.82, 2.24) is 5.32 Å². The fourth-order valence-corrected chi connectivity index (χ4v) is 4.14. The number of cyclic esters (lactones) is 1. The molecule has 0 unspecified atom stereocenters. The third-order valence-electron chi connectivity index (χ3n) is 5.72. The van der Waals surface area contributed by atoms with E-state index in [4.69, 9.17) is 9.47 Å². The molecular formula is C24H31NO5. The highest BCUT2D eigenvalue weighted by Gasteiger charge is 2.38. The van der Waals surface area contributed by atoms with Crippen LogP contribution in [0.15, 0.2) is 54.6 Å². The number of carbonyl (C=O) groups is 2. The summed E-state index contributed by atoms with van der Waals surface area (Å²) < 4.78 is 10.9. The summed E-state index contributed by atoms with van der Waals surface area (Å²) in [4.78, 5) is 24.1. The van der Waals surface area contributed by atoms with Crippen molar-refractivity contribution in [3.8, 4) is 0 Å². The van der Waals surface area contributed by atoms with Crippen LogP contribution in [0.5, 0.6) is 0 Å². The van der Waals surface area contributed by atoms with Gasteiger partial charge in [0.05, 0.1) is 12.2 Å². The van der Waals surface area contributed by atoms with Gasteiger partial charge in [0.25, 0.3) is 0 Å². The Morgan fingerprint density at radius 1 is 1.23 bits per heavy atom. The second-order valence-corrected chi connectivity index (χ2v) is 8.12. The van der Waals surface area contributed by atoms with E-state index in [0.29, 0.717) is 19.4 Å². The Morgan fingerprint density at radius 3 is 2.83 bits per heavy atom. The summed E-state index contributed by atoms with van der Waals surface area (Å²) in [7, 11) is 0. The molecule has 1 aliphatic carbocycles. The average Bonchev–Trinajstić information content (AvgIpc) is 3.13. The fourth-order valence-electron chi connectivity index (χ4n) is 4.14. The minimum Gasteiger partial charge on any atom is -0.460 e. The van der Waals surface area contributed by atoms with Gasteiger partial charge < -0.3 is 19.9 Å². The number of hydrogen-bond donors (Lipinski definition) is 2. The van der Waals surface area contributed by atoms with Crippen LogP contribution in [0.1, 0.15) is 44.6 Å². The Balaban J connectivity index is 1.58. The first kappa shape index (κ1) is 22.1. The van der Waals surface area contributed by atoms with Gasteiger partial charge in [-0.1, -0.05) is 42.5 Å². The van der Waals surface area contributed by atoms with Crippen LogP contribution in [-0.4, -0.2) is 35.5 Å². The summed E-state index contributed by atoms with van der Waals surface area (Å²) in [6.45, 7) is 2.29. The average molecular weight is 414 g/mol. The molecule has 0 radical (unpaired) electrons. The topological polar surface area (TPSA) is 84.9 Å². The molecule has 2 N–H and O–H groups in total. The van der Waals surface area contributed by atoms with Gasteiger partial charge in [-0.05, 0) is 62.5 Å². The van der Waals surface area contributed by atoms with Gasteiger partial charge in [0.15, 0.2) is 0 Å². The molecule has 3 rings (SSSR count). The van der Waals surface area contributed by atoms with Crippen molar-refractivity contribution in [3.05, 3.63) is 60.2 Å². The van der Waals surface area contributed by atoms with Crippen LogP contribution >= 0.6 is 0 Å². The van der Waals surface area contributed by atoms with E-state index in [9.17, 15) is 14.7 Å². The summed E-state index contributed by atoms with van der Waals surface area (Å²) in [5, 5.41) is 13.4. The normalized spacial score (nSPS) is 30.7. The van der Waals surface area contributed by atoms with E-state index < -0.39 is 18.2 Å². The zero-order valence-electron chi connectivity index (χ0n) is 17.4. The number of esters is 1. The molecule has 1 saturated carbocycles. The highest BCUT2D eigenvalue weighted by molar-refractivity contribution is 5.82. The van der Waals surface area contributed by atoms with Crippen LogP contribution in [0.25, 0.3) is 0 Å². The SMILES string of the molecule is C[C@H]1CCC/C=C/[C@@H]2C[C@H](OC(=O)NCc3ccccc3)C[C@H]2[C@H](O)C=CC(=O)O1. The molecule has 2 aliphatic rings. The van der Waals surface area contributed by atoms with Crippen LogP contribution in [0.2, 0.25) is 0 Å². The predicted molar refractivity (Wildman–Crippen MR) is 113 cm³/mol. The zero-order valence-corrected chi connectivity index (χ0v) is 17.4. The first-order valence-electron chi connectivity index (χ1n) is 10.7. The molecule has 6 heteroatoms. The van der Waals surface area contributed by atoms with Gasteiger partial charge in [-0.25, -0.2) is 9.59 Å². The van der Waals surface area contributed by atoms with Crippen molar-refractivity contribution in [3.63, 3.8) is 0 Å². The molecule has 0 bridgehead atoms. The lowest BCUT2D eigenvalue weighted by Crippen LogP contribution is -2.28. The van der Waals surface area contributed by atoms with Gasteiger partial charge in [-0.15, -0.1) is 0 Å². The van der Waals surface area contributed by atoms with E-state index >= 15 is 0 Å². The summed E-state index contributed by atoms with van der Waals surface area (Å²) in [6.07, 6.45) is 9.20. The Hall–Kier alpha value is -2.60. The van der Waals surface area contributed by atoms with Gasteiger partial charge in [0.2, 0.25) is 0 Å².